The van der Waals surface area contributed by atoms with Gasteiger partial charge in [-0.1, -0.05) is 31.5 Å². The van der Waals surface area contributed by atoms with Crippen LogP contribution in [0.1, 0.15) is 37.0 Å². The van der Waals surface area contributed by atoms with E-state index in [0.717, 1.165) is 12.3 Å². The number of hydrogen-bond acceptors (Lipinski definition) is 6. The number of benzene rings is 1. The number of carbonyl (C=O) groups excluding carboxylic acids is 1. The van der Waals surface area contributed by atoms with Crippen molar-refractivity contribution in [3.05, 3.63) is 68.0 Å². The number of nitrogens with one attached hydrogen (secondary N) is 1. The molecular weight excluding hydrogens is 395 g/mol. The first-order valence-electron chi connectivity index (χ1n) is 8.57. The summed E-state index contributed by atoms with van der Waals surface area (Å²) in [5, 5.41) is 10.7. The summed E-state index contributed by atoms with van der Waals surface area (Å²) in [5.41, 5.74) is -1.50. The smallest absolute Gasteiger partial charge is 0.338 e. The van der Waals surface area contributed by atoms with Gasteiger partial charge in [0, 0.05) is 30.1 Å². The number of nitrogens with zero attached hydrogens (tertiary/aromatic N) is 1. The number of aromatic amines is 1. The molecule has 1 saturated heterocycles. The zero-order valence-corrected chi connectivity index (χ0v) is 16.0. The molecule has 3 rings (SSSR count). The van der Waals surface area contributed by atoms with Crippen molar-refractivity contribution >= 4 is 17.6 Å². The van der Waals surface area contributed by atoms with Gasteiger partial charge in [0.25, 0.3) is 11.5 Å². The highest BCUT2D eigenvalue weighted by Gasteiger charge is 2.52. The molecule has 1 aliphatic heterocycles. The minimum absolute atomic E-state index is 0.131. The molecule has 0 amide bonds. The van der Waals surface area contributed by atoms with Gasteiger partial charge in [0.15, 0.2) is 6.61 Å². The van der Waals surface area contributed by atoms with Gasteiger partial charge in [-0.05, 0) is 18.2 Å². The van der Waals surface area contributed by atoms with Gasteiger partial charge in [-0.2, -0.15) is 0 Å². The molecule has 2 heterocycles. The average molecular weight is 415 g/mol. The fourth-order valence-corrected chi connectivity index (χ4v) is 2.77. The summed E-state index contributed by atoms with van der Waals surface area (Å²) in [5.74, 6) is -5.62. The van der Waals surface area contributed by atoms with Crippen molar-refractivity contribution in [2.75, 3.05) is 6.61 Å². The highest BCUT2D eigenvalue weighted by atomic mass is 35.5. The van der Waals surface area contributed by atoms with Crippen molar-refractivity contribution in [1.29, 1.82) is 0 Å². The van der Waals surface area contributed by atoms with Crippen LogP contribution in [0.15, 0.2) is 46.1 Å². The molecule has 2 atom stereocenters. The summed E-state index contributed by atoms with van der Waals surface area (Å²) in [6.07, 6.45) is 0.368. The van der Waals surface area contributed by atoms with Crippen molar-refractivity contribution < 1.29 is 23.8 Å². The predicted molar refractivity (Wildman–Crippen MR) is 98.8 cm³/mol. The lowest BCUT2D eigenvalue weighted by atomic mass is 10.2. The lowest BCUT2D eigenvalue weighted by Crippen LogP contribution is -2.45. The zero-order chi connectivity index (χ0) is 20.9. The molecule has 8 nitrogen and oxygen atoms in total. The number of esters is 1. The predicted octanol–water partition coefficient (Wildman–Crippen LogP) is 2.15. The second-order valence-electron chi connectivity index (χ2n) is 5.79. The second-order valence-corrected chi connectivity index (χ2v) is 6.23. The van der Waals surface area contributed by atoms with E-state index in [1.807, 2.05) is 18.8 Å². The molecule has 1 aromatic carbocycles. The van der Waals surface area contributed by atoms with E-state index in [2.05, 4.69) is 0 Å². The fraction of sp³-hybridized carbons (Fsp3) is 0.389. The number of aliphatic hydroxyl groups is 1. The third kappa shape index (κ3) is 4.86. The van der Waals surface area contributed by atoms with Crippen LogP contribution in [0.2, 0.25) is 5.02 Å². The Balaban J connectivity index is 0.00000136. The van der Waals surface area contributed by atoms with Crippen molar-refractivity contribution in [3.63, 3.8) is 0 Å². The largest absolute Gasteiger partial charge is 0.456 e. The maximum atomic E-state index is 14.8. The Morgan fingerprint density at radius 2 is 2.07 bits per heavy atom. The number of H-pyrrole nitrogens is 1. The average Bonchev–Trinajstić information content (AvgIpc) is 2.97. The Bertz CT molecular complexity index is 961. The molecule has 0 spiro atoms. The van der Waals surface area contributed by atoms with Crippen LogP contribution in [0, 0.1) is 0 Å². The van der Waals surface area contributed by atoms with Gasteiger partial charge in [0.2, 0.25) is 5.85 Å². The van der Waals surface area contributed by atoms with E-state index in [0.29, 0.717) is 9.59 Å². The summed E-state index contributed by atoms with van der Waals surface area (Å²) in [6.45, 7) is 3.21. The van der Waals surface area contributed by atoms with Crippen molar-refractivity contribution in [3.8, 4) is 0 Å². The molecule has 152 valence electrons. The van der Waals surface area contributed by atoms with Crippen LogP contribution in [-0.4, -0.2) is 33.1 Å². The van der Waals surface area contributed by atoms with Crippen LogP contribution in [0.5, 0.6) is 0 Å². The number of halogens is 2. The number of aromatic nitrogens is 2. The Hall–Kier alpha value is -2.49. The van der Waals surface area contributed by atoms with Crippen LogP contribution in [0.3, 0.4) is 0 Å². The van der Waals surface area contributed by atoms with Crippen LogP contribution >= 0.6 is 11.6 Å². The van der Waals surface area contributed by atoms with E-state index < -0.39 is 35.6 Å². The molecule has 1 aliphatic rings. The van der Waals surface area contributed by atoms with Gasteiger partial charge in [0.05, 0.1) is 5.56 Å². The molecule has 0 saturated carbocycles. The number of hydrogen-bond donors (Lipinski definition) is 2. The molecule has 2 unspecified atom stereocenters. The number of alkyl halides is 1. The Labute approximate surface area is 164 Å². The van der Waals surface area contributed by atoms with Crippen molar-refractivity contribution in [2.45, 2.75) is 38.5 Å². The number of ether oxygens (including phenoxy) is 2. The quantitative estimate of drug-likeness (QED) is 0.742. The molecule has 28 heavy (non-hydrogen) atoms. The van der Waals surface area contributed by atoms with E-state index in [1.165, 1.54) is 18.2 Å². The standard InChI is InChI=1S/C16H14ClFN2O6.C2H6/c17-11-3-1-2-10(8-11)13(22)25-9-15(18)5-6-16(24,26-15)20-7-4-12(21)19-14(20)23;1-2/h1-4,7-8,24H,5-6,9H2,(H,19,21,23);1-2H3. The first kappa shape index (κ1) is 21.8. The molecule has 0 bridgehead atoms. The van der Waals surface area contributed by atoms with E-state index in [9.17, 15) is 23.9 Å². The summed E-state index contributed by atoms with van der Waals surface area (Å²) in [7, 11) is 0. The van der Waals surface area contributed by atoms with E-state index in [-0.39, 0.29) is 18.4 Å². The molecule has 0 aliphatic carbocycles. The number of carbonyl (C=O) groups is 1. The van der Waals surface area contributed by atoms with Crippen LogP contribution in [-0.2, 0) is 15.4 Å². The van der Waals surface area contributed by atoms with Crippen molar-refractivity contribution in [2.24, 2.45) is 0 Å². The molecular formula is C18H20ClFN2O6. The van der Waals surface area contributed by atoms with Gasteiger partial charge >= 0.3 is 11.7 Å². The first-order chi connectivity index (χ1) is 13.2. The van der Waals surface area contributed by atoms with E-state index in [1.54, 1.807) is 6.07 Å². The summed E-state index contributed by atoms with van der Waals surface area (Å²) < 4.78 is 25.3. The van der Waals surface area contributed by atoms with Crippen LogP contribution in [0.4, 0.5) is 4.39 Å². The van der Waals surface area contributed by atoms with Gasteiger partial charge < -0.3 is 9.84 Å². The topological polar surface area (TPSA) is 111 Å². The second kappa shape index (κ2) is 8.68. The Kier molecular flexibility index (Phi) is 6.76. The fourth-order valence-electron chi connectivity index (χ4n) is 2.58. The first-order valence-corrected chi connectivity index (χ1v) is 8.95. The highest BCUT2D eigenvalue weighted by molar-refractivity contribution is 6.30. The maximum Gasteiger partial charge on any atom is 0.338 e. The minimum atomic E-state index is -2.50. The molecule has 2 N–H and O–H groups in total. The lowest BCUT2D eigenvalue weighted by Gasteiger charge is -2.27. The maximum absolute atomic E-state index is 14.8. The summed E-state index contributed by atoms with van der Waals surface area (Å²) in [6, 6.07) is 6.90. The van der Waals surface area contributed by atoms with Gasteiger partial charge in [-0.3, -0.25) is 14.5 Å². The van der Waals surface area contributed by atoms with Crippen LogP contribution < -0.4 is 11.2 Å². The normalized spacial score (nSPS) is 23.6. The third-order valence-electron chi connectivity index (χ3n) is 3.85. The minimum Gasteiger partial charge on any atom is -0.456 e. The van der Waals surface area contributed by atoms with Gasteiger partial charge in [-0.25, -0.2) is 18.5 Å². The third-order valence-corrected chi connectivity index (χ3v) is 4.08. The highest BCUT2D eigenvalue weighted by Crippen LogP contribution is 2.40. The zero-order valence-electron chi connectivity index (χ0n) is 15.3. The molecule has 0 radical (unpaired) electrons. The van der Waals surface area contributed by atoms with Crippen molar-refractivity contribution in [1.82, 2.24) is 9.55 Å². The molecule has 1 aromatic heterocycles. The Morgan fingerprint density at radius 3 is 2.71 bits per heavy atom. The lowest BCUT2D eigenvalue weighted by molar-refractivity contribution is -0.315. The monoisotopic (exact) mass is 414 g/mol. The van der Waals surface area contributed by atoms with Gasteiger partial charge in [-0.15, -0.1) is 0 Å². The van der Waals surface area contributed by atoms with Gasteiger partial charge in [0.1, 0.15) is 0 Å². The number of rotatable bonds is 4. The molecule has 1 fully saturated rings. The Morgan fingerprint density at radius 1 is 1.36 bits per heavy atom. The molecule has 10 heteroatoms. The van der Waals surface area contributed by atoms with Crippen LogP contribution in [0.25, 0.3) is 0 Å². The summed E-state index contributed by atoms with van der Waals surface area (Å²) in [4.78, 5) is 36.8. The molecule has 2 aromatic rings. The van der Waals surface area contributed by atoms with E-state index in [4.69, 9.17) is 21.1 Å². The van der Waals surface area contributed by atoms with E-state index >= 15 is 0 Å². The SMILES string of the molecule is CC.O=C(OCC1(F)CCC(O)(n2ccc(=O)[nH]c2=O)O1)c1cccc(Cl)c1. The summed E-state index contributed by atoms with van der Waals surface area (Å²) >= 11 is 5.78.